The van der Waals surface area contributed by atoms with E-state index >= 15 is 0 Å². The highest BCUT2D eigenvalue weighted by Crippen LogP contribution is 2.25. The topological polar surface area (TPSA) is 79.7 Å². The zero-order valence-electron chi connectivity index (χ0n) is 11.6. The van der Waals surface area contributed by atoms with Gasteiger partial charge in [0.25, 0.3) is 0 Å². The van der Waals surface area contributed by atoms with E-state index in [1.807, 2.05) is 16.4 Å². The molecule has 1 N–H and O–H groups in total. The fourth-order valence-electron chi connectivity index (χ4n) is 2.08. The summed E-state index contributed by atoms with van der Waals surface area (Å²) in [5, 5.41) is 11.0. The number of hydrogen-bond donors (Lipinski definition) is 1. The number of nitrogens with zero attached hydrogens (tertiary/aromatic N) is 2. The Hall–Kier alpha value is -1.61. The lowest BCUT2D eigenvalue weighted by atomic mass is 10.2. The van der Waals surface area contributed by atoms with Gasteiger partial charge in [-0.25, -0.2) is 18.3 Å². The first-order valence-corrected chi connectivity index (χ1v) is 8.67. The molecule has 22 heavy (non-hydrogen) atoms. The fourth-order valence-corrected chi connectivity index (χ4v) is 4.03. The molecule has 1 aliphatic heterocycles. The average molecular weight is 338 g/mol. The van der Waals surface area contributed by atoms with Crippen LogP contribution in [-0.4, -0.2) is 50.9 Å². The first-order valence-electron chi connectivity index (χ1n) is 6.69. The molecule has 116 valence electrons. The third kappa shape index (κ3) is 3.25. The molecule has 1 fully saturated rings. The van der Waals surface area contributed by atoms with Gasteiger partial charge in [0.2, 0.25) is 0 Å². The SMILES string of the molecule is O=C(O)c1csc(-c2ccc(S(=O)N3CCOCC3)cc2)n1. The summed E-state index contributed by atoms with van der Waals surface area (Å²) in [6, 6.07) is 7.22. The van der Waals surface area contributed by atoms with Gasteiger partial charge in [-0.2, -0.15) is 0 Å². The molecular formula is C14H14N2O4S2. The van der Waals surface area contributed by atoms with E-state index in [0.29, 0.717) is 31.3 Å². The van der Waals surface area contributed by atoms with Crippen LogP contribution in [0.4, 0.5) is 0 Å². The van der Waals surface area contributed by atoms with Gasteiger partial charge in [0.15, 0.2) is 5.69 Å². The van der Waals surface area contributed by atoms with Gasteiger partial charge in [-0.1, -0.05) is 12.1 Å². The van der Waals surface area contributed by atoms with Crippen molar-refractivity contribution >= 4 is 28.3 Å². The minimum absolute atomic E-state index is 0.0426. The van der Waals surface area contributed by atoms with Gasteiger partial charge in [0, 0.05) is 24.0 Å². The van der Waals surface area contributed by atoms with Gasteiger partial charge in [-0.05, 0) is 12.1 Å². The van der Waals surface area contributed by atoms with Crippen molar-refractivity contribution < 1.29 is 18.8 Å². The van der Waals surface area contributed by atoms with Crippen LogP contribution in [-0.2, 0) is 15.7 Å². The smallest absolute Gasteiger partial charge is 0.355 e. The lowest BCUT2D eigenvalue weighted by Crippen LogP contribution is -2.37. The van der Waals surface area contributed by atoms with E-state index in [-0.39, 0.29) is 5.69 Å². The van der Waals surface area contributed by atoms with Gasteiger partial charge in [-0.15, -0.1) is 11.3 Å². The van der Waals surface area contributed by atoms with Gasteiger partial charge in [-0.3, -0.25) is 0 Å². The van der Waals surface area contributed by atoms with Gasteiger partial charge < -0.3 is 9.84 Å². The molecule has 3 rings (SSSR count). The molecule has 2 aromatic rings. The van der Waals surface area contributed by atoms with Crippen molar-refractivity contribution in [3.63, 3.8) is 0 Å². The van der Waals surface area contributed by atoms with Gasteiger partial charge in [0.05, 0.1) is 18.1 Å². The van der Waals surface area contributed by atoms with Crippen molar-refractivity contribution in [1.29, 1.82) is 0 Å². The molecule has 1 saturated heterocycles. The molecule has 0 saturated carbocycles. The monoisotopic (exact) mass is 338 g/mol. The highest BCUT2D eigenvalue weighted by molar-refractivity contribution is 7.82. The Morgan fingerprint density at radius 3 is 2.55 bits per heavy atom. The van der Waals surface area contributed by atoms with Gasteiger partial charge >= 0.3 is 5.97 Å². The molecule has 1 aliphatic rings. The predicted octanol–water partition coefficient (Wildman–Crippen LogP) is 1.86. The quantitative estimate of drug-likeness (QED) is 0.920. The molecule has 8 heteroatoms. The molecule has 0 bridgehead atoms. The maximum absolute atomic E-state index is 12.4. The average Bonchev–Trinajstić information content (AvgIpc) is 3.05. The summed E-state index contributed by atoms with van der Waals surface area (Å²) in [5.41, 5.74) is 0.862. The van der Waals surface area contributed by atoms with Crippen molar-refractivity contribution in [2.45, 2.75) is 4.90 Å². The lowest BCUT2D eigenvalue weighted by molar-refractivity contribution is 0.0691. The molecule has 2 heterocycles. The standard InChI is InChI=1S/C14H14N2O4S2/c17-14(18)12-9-21-13(15-12)10-1-3-11(4-2-10)22(19)16-5-7-20-8-6-16/h1-4,9H,5-8H2,(H,17,18). The molecule has 1 aromatic carbocycles. The zero-order chi connectivity index (χ0) is 15.5. The Labute approximate surface area is 134 Å². The number of carboxylic acids is 1. The second kappa shape index (κ2) is 6.66. The Bertz CT molecular complexity index is 693. The third-order valence-corrected chi connectivity index (χ3v) is 5.63. The summed E-state index contributed by atoms with van der Waals surface area (Å²) in [7, 11) is -1.19. The highest BCUT2D eigenvalue weighted by Gasteiger charge is 2.18. The number of carboxylic acid groups (broad SMARTS) is 1. The number of aromatic carboxylic acids is 1. The lowest BCUT2D eigenvalue weighted by Gasteiger charge is -2.25. The van der Waals surface area contributed by atoms with Crippen molar-refractivity contribution in [3.05, 3.63) is 35.3 Å². The summed E-state index contributed by atoms with van der Waals surface area (Å²) in [6.45, 7) is 2.51. The number of rotatable bonds is 4. The Balaban J connectivity index is 1.76. The van der Waals surface area contributed by atoms with E-state index < -0.39 is 17.0 Å². The number of hydrogen-bond acceptors (Lipinski definition) is 5. The number of benzene rings is 1. The summed E-state index contributed by atoms with van der Waals surface area (Å²) >= 11 is 1.28. The predicted molar refractivity (Wildman–Crippen MR) is 83.3 cm³/mol. The first-order chi connectivity index (χ1) is 10.6. The number of thiazole rings is 1. The van der Waals surface area contributed by atoms with Crippen LogP contribution in [0.3, 0.4) is 0 Å². The largest absolute Gasteiger partial charge is 0.476 e. The van der Waals surface area contributed by atoms with E-state index in [9.17, 15) is 9.00 Å². The van der Waals surface area contributed by atoms with E-state index in [0.717, 1.165) is 10.5 Å². The van der Waals surface area contributed by atoms with E-state index in [4.69, 9.17) is 9.84 Å². The molecule has 1 unspecified atom stereocenters. The summed E-state index contributed by atoms with van der Waals surface area (Å²) in [5.74, 6) is -1.03. The van der Waals surface area contributed by atoms with Crippen LogP contribution in [0.5, 0.6) is 0 Å². The fraction of sp³-hybridized carbons (Fsp3) is 0.286. The van der Waals surface area contributed by atoms with Gasteiger partial charge in [0.1, 0.15) is 16.0 Å². The molecule has 6 nitrogen and oxygen atoms in total. The molecule has 1 aromatic heterocycles. The summed E-state index contributed by atoms with van der Waals surface area (Å²) in [6.07, 6.45) is 0. The second-order valence-electron chi connectivity index (χ2n) is 4.66. The van der Waals surface area contributed by atoms with E-state index in [2.05, 4.69) is 4.98 Å². The molecule has 1 atom stereocenters. The second-order valence-corrected chi connectivity index (χ2v) is 7.00. The molecule has 0 spiro atoms. The first kappa shape index (κ1) is 15.3. The minimum Gasteiger partial charge on any atom is -0.476 e. The van der Waals surface area contributed by atoms with E-state index in [1.165, 1.54) is 16.7 Å². The molecular weight excluding hydrogens is 324 g/mol. The third-order valence-electron chi connectivity index (χ3n) is 3.23. The molecule has 0 radical (unpaired) electrons. The van der Waals surface area contributed by atoms with Crippen molar-refractivity contribution in [1.82, 2.24) is 9.29 Å². The van der Waals surface area contributed by atoms with Crippen molar-refractivity contribution in [2.24, 2.45) is 0 Å². The van der Waals surface area contributed by atoms with Crippen LogP contribution < -0.4 is 0 Å². The Kier molecular flexibility index (Phi) is 4.63. The molecule has 0 amide bonds. The zero-order valence-corrected chi connectivity index (χ0v) is 13.2. The maximum Gasteiger partial charge on any atom is 0.355 e. The van der Waals surface area contributed by atoms with E-state index in [1.54, 1.807) is 12.1 Å². The number of carbonyl (C=O) groups is 1. The van der Waals surface area contributed by atoms with Crippen molar-refractivity contribution in [2.75, 3.05) is 26.3 Å². The minimum atomic E-state index is -1.19. The highest BCUT2D eigenvalue weighted by atomic mass is 32.2. The summed E-state index contributed by atoms with van der Waals surface area (Å²) < 4.78 is 19.6. The summed E-state index contributed by atoms with van der Waals surface area (Å²) in [4.78, 5) is 15.6. The Morgan fingerprint density at radius 2 is 1.95 bits per heavy atom. The van der Waals surface area contributed by atoms with Crippen LogP contribution >= 0.6 is 11.3 Å². The van der Waals surface area contributed by atoms with Crippen LogP contribution in [0, 0.1) is 0 Å². The number of ether oxygens (including phenoxy) is 1. The maximum atomic E-state index is 12.4. The molecule has 0 aliphatic carbocycles. The van der Waals surface area contributed by atoms with Crippen molar-refractivity contribution in [3.8, 4) is 10.6 Å². The number of morpholine rings is 1. The van der Waals surface area contributed by atoms with Crippen LogP contribution in [0.15, 0.2) is 34.5 Å². The van der Waals surface area contributed by atoms with Crippen LogP contribution in [0.1, 0.15) is 10.5 Å². The normalized spacial score (nSPS) is 17.3. The van der Waals surface area contributed by atoms with Crippen LogP contribution in [0.25, 0.3) is 10.6 Å². The van der Waals surface area contributed by atoms with Crippen LogP contribution in [0.2, 0.25) is 0 Å². The Morgan fingerprint density at radius 1 is 1.27 bits per heavy atom. The number of aromatic nitrogens is 1.